The molecule has 3 N–H and O–H groups in total. The number of carbonyl (C=O) groups is 3. The summed E-state index contributed by atoms with van der Waals surface area (Å²) >= 11 is 6.28. The first-order valence-corrected chi connectivity index (χ1v) is 8.63. The minimum absolute atomic E-state index is 0.0237. The highest BCUT2D eigenvalue weighted by Gasteiger charge is 2.32. The van der Waals surface area contributed by atoms with E-state index in [0.29, 0.717) is 14.8 Å². The van der Waals surface area contributed by atoms with E-state index >= 15 is 0 Å². The normalized spacial score (nSPS) is 15.7. The maximum absolute atomic E-state index is 12.4. The Morgan fingerprint density at radius 1 is 1.28 bits per heavy atom. The molecule has 1 aliphatic heterocycles. The summed E-state index contributed by atoms with van der Waals surface area (Å²) < 4.78 is 0.338. The van der Waals surface area contributed by atoms with Gasteiger partial charge < -0.3 is 15.5 Å². The summed E-state index contributed by atoms with van der Waals surface area (Å²) in [5.41, 5.74) is 0.509. The van der Waals surface area contributed by atoms with Gasteiger partial charge in [-0.2, -0.15) is 0 Å². The van der Waals surface area contributed by atoms with Crippen molar-refractivity contribution in [1.29, 1.82) is 0 Å². The Labute approximate surface area is 153 Å². The van der Waals surface area contributed by atoms with Gasteiger partial charge in [0.1, 0.15) is 10.1 Å². The molecule has 0 saturated carbocycles. The van der Waals surface area contributed by atoms with Crippen LogP contribution in [0.5, 0.6) is 5.75 Å². The third kappa shape index (κ3) is 5.30. The lowest BCUT2D eigenvalue weighted by atomic mass is 10.2. The Balaban J connectivity index is 1.94. The fraction of sp³-hybridized carbons (Fsp3) is 0.250. The van der Waals surface area contributed by atoms with Crippen molar-refractivity contribution in [1.82, 2.24) is 10.2 Å². The molecule has 25 heavy (non-hydrogen) atoms. The van der Waals surface area contributed by atoms with Gasteiger partial charge in [0.05, 0.1) is 11.3 Å². The van der Waals surface area contributed by atoms with Gasteiger partial charge in [-0.15, -0.1) is 0 Å². The molecular formula is C16H16N2O5S2. The molecule has 0 radical (unpaired) electrons. The van der Waals surface area contributed by atoms with Gasteiger partial charge in [-0.1, -0.05) is 42.2 Å². The van der Waals surface area contributed by atoms with Crippen LogP contribution in [0.4, 0.5) is 0 Å². The molecule has 1 heterocycles. The van der Waals surface area contributed by atoms with E-state index in [4.69, 9.17) is 17.3 Å². The van der Waals surface area contributed by atoms with Crippen LogP contribution >= 0.6 is 24.0 Å². The quantitative estimate of drug-likeness (QED) is 0.487. The SMILES string of the molecule is O=C(O)CCNC(=O)CCN1C(=O)/C(=C/c2ccccc2O)SC1=S. The zero-order chi connectivity index (χ0) is 18.4. The van der Waals surface area contributed by atoms with Crippen molar-refractivity contribution >= 4 is 52.2 Å². The molecule has 0 spiro atoms. The molecule has 1 saturated heterocycles. The first kappa shape index (κ1) is 18.9. The van der Waals surface area contributed by atoms with Gasteiger partial charge in [-0.05, 0) is 12.1 Å². The number of nitrogens with zero attached hydrogens (tertiary/aromatic N) is 1. The van der Waals surface area contributed by atoms with Crippen LogP contribution in [-0.2, 0) is 14.4 Å². The Hall–Kier alpha value is -2.39. The Morgan fingerprint density at radius 3 is 2.68 bits per heavy atom. The second kappa shape index (κ2) is 8.63. The molecule has 0 bridgehead atoms. The first-order chi connectivity index (χ1) is 11.9. The molecule has 132 valence electrons. The lowest BCUT2D eigenvalue weighted by molar-refractivity contribution is -0.136. The molecule has 9 heteroatoms. The van der Waals surface area contributed by atoms with E-state index in [9.17, 15) is 19.5 Å². The van der Waals surface area contributed by atoms with E-state index in [1.807, 2.05) is 0 Å². The first-order valence-electron chi connectivity index (χ1n) is 7.40. The molecule has 0 atom stereocenters. The largest absolute Gasteiger partial charge is 0.507 e. The highest BCUT2D eigenvalue weighted by Crippen LogP contribution is 2.33. The minimum atomic E-state index is -0.994. The van der Waals surface area contributed by atoms with Gasteiger partial charge in [0, 0.05) is 25.1 Å². The number of aromatic hydroxyl groups is 1. The van der Waals surface area contributed by atoms with Crippen LogP contribution in [0.1, 0.15) is 18.4 Å². The van der Waals surface area contributed by atoms with E-state index in [2.05, 4.69) is 5.32 Å². The molecule has 1 aliphatic rings. The monoisotopic (exact) mass is 380 g/mol. The molecule has 7 nitrogen and oxygen atoms in total. The van der Waals surface area contributed by atoms with Gasteiger partial charge >= 0.3 is 5.97 Å². The summed E-state index contributed by atoms with van der Waals surface area (Å²) in [7, 11) is 0. The van der Waals surface area contributed by atoms with E-state index in [-0.39, 0.29) is 43.5 Å². The van der Waals surface area contributed by atoms with Crippen molar-refractivity contribution < 1.29 is 24.6 Å². The fourth-order valence-electron chi connectivity index (χ4n) is 2.05. The topological polar surface area (TPSA) is 107 Å². The van der Waals surface area contributed by atoms with Crippen LogP contribution < -0.4 is 5.32 Å². The molecule has 1 fully saturated rings. The number of carboxylic acids is 1. The summed E-state index contributed by atoms with van der Waals surface area (Å²) in [5, 5.41) is 20.8. The highest BCUT2D eigenvalue weighted by molar-refractivity contribution is 8.26. The number of nitrogens with one attached hydrogen (secondary N) is 1. The lowest BCUT2D eigenvalue weighted by Crippen LogP contribution is -2.34. The Morgan fingerprint density at radius 2 is 2.00 bits per heavy atom. The standard InChI is InChI=1S/C16H16N2O5S2/c19-11-4-2-1-3-10(11)9-12-15(23)18(16(24)25-12)8-6-13(20)17-7-5-14(21)22/h1-4,9,19H,5-8H2,(H,17,20)(H,21,22)/b12-9-. The summed E-state index contributed by atoms with van der Waals surface area (Å²) in [5.74, 6) is -1.60. The van der Waals surface area contributed by atoms with Crippen molar-refractivity contribution in [3.63, 3.8) is 0 Å². The number of aliphatic carboxylic acids is 1. The number of thioether (sulfide) groups is 1. The molecule has 2 rings (SSSR count). The molecule has 2 amide bonds. The van der Waals surface area contributed by atoms with Crippen LogP contribution in [0.2, 0.25) is 0 Å². The van der Waals surface area contributed by atoms with Crippen LogP contribution in [-0.4, -0.2) is 50.3 Å². The van der Waals surface area contributed by atoms with Crippen LogP contribution in [0, 0.1) is 0 Å². The summed E-state index contributed by atoms with van der Waals surface area (Å²) in [6.07, 6.45) is 1.42. The number of phenolic OH excluding ortho intramolecular Hbond substituents is 1. The summed E-state index contributed by atoms with van der Waals surface area (Å²) in [6.45, 7) is 0.154. The number of thiocarbonyl (C=S) groups is 1. The van der Waals surface area contributed by atoms with Crippen molar-refractivity contribution in [3.05, 3.63) is 34.7 Å². The lowest BCUT2D eigenvalue weighted by Gasteiger charge is -2.13. The second-order valence-corrected chi connectivity index (χ2v) is 6.81. The molecule has 1 aromatic carbocycles. The van der Waals surface area contributed by atoms with E-state index in [1.165, 1.54) is 11.0 Å². The fourth-order valence-corrected chi connectivity index (χ4v) is 3.35. The highest BCUT2D eigenvalue weighted by atomic mass is 32.2. The minimum Gasteiger partial charge on any atom is -0.507 e. The van der Waals surface area contributed by atoms with Gasteiger partial charge in [0.15, 0.2) is 0 Å². The predicted molar refractivity (Wildman–Crippen MR) is 97.9 cm³/mol. The molecule has 0 aromatic heterocycles. The molecule has 1 aromatic rings. The van der Waals surface area contributed by atoms with E-state index in [0.717, 1.165) is 11.8 Å². The third-order valence-electron chi connectivity index (χ3n) is 3.32. The smallest absolute Gasteiger partial charge is 0.305 e. The zero-order valence-corrected chi connectivity index (χ0v) is 14.7. The average molecular weight is 380 g/mol. The Bertz CT molecular complexity index is 748. The summed E-state index contributed by atoms with van der Waals surface area (Å²) in [6, 6.07) is 6.63. The zero-order valence-electron chi connectivity index (χ0n) is 13.1. The van der Waals surface area contributed by atoms with E-state index < -0.39 is 5.97 Å². The number of carboxylic acid groups (broad SMARTS) is 1. The van der Waals surface area contributed by atoms with Gasteiger partial charge in [0.25, 0.3) is 5.91 Å². The summed E-state index contributed by atoms with van der Waals surface area (Å²) in [4.78, 5) is 36.2. The van der Waals surface area contributed by atoms with Crippen LogP contribution in [0.3, 0.4) is 0 Å². The third-order valence-corrected chi connectivity index (χ3v) is 4.70. The van der Waals surface area contributed by atoms with Gasteiger partial charge in [-0.3, -0.25) is 19.3 Å². The maximum atomic E-state index is 12.4. The number of hydrogen-bond donors (Lipinski definition) is 3. The molecule has 0 aliphatic carbocycles. The molecule has 0 unspecified atom stereocenters. The number of phenols is 1. The molecular weight excluding hydrogens is 364 g/mol. The van der Waals surface area contributed by atoms with Crippen molar-refractivity contribution in [2.45, 2.75) is 12.8 Å². The van der Waals surface area contributed by atoms with Crippen LogP contribution in [0.25, 0.3) is 6.08 Å². The van der Waals surface area contributed by atoms with Gasteiger partial charge in [-0.25, -0.2) is 0 Å². The second-order valence-electron chi connectivity index (χ2n) is 5.14. The Kier molecular flexibility index (Phi) is 6.54. The van der Waals surface area contributed by atoms with Gasteiger partial charge in [0.2, 0.25) is 5.91 Å². The number of rotatable bonds is 7. The number of hydrogen-bond acceptors (Lipinski definition) is 6. The predicted octanol–water partition coefficient (Wildman–Crippen LogP) is 1.57. The van der Waals surface area contributed by atoms with E-state index in [1.54, 1.807) is 24.3 Å². The average Bonchev–Trinajstić information content (AvgIpc) is 2.81. The number of para-hydroxylation sites is 1. The number of amides is 2. The van der Waals surface area contributed by atoms with Crippen molar-refractivity contribution in [3.8, 4) is 5.75 Å². The number of benzene rings is 1. The number of carbonyl (C=O) groups excluding carboxylic acids is 2. The van der Waals surface area contributed by atoms with Crippen molar-refractivity contribution in [2.75, 3.05) is 13.1 Å². The van der Waals surface area contributed by atoms with Crippen molar-refractivity contribution in [2.24, 2.45) is 0 Å². The van der Waals surface area contributed by atoms with Crippen LogP contribution in [0.15, 0.2) is 29.2 Å². The maximum Gasteiger partial charge on any atom is 0.305 e.